The minimum absolute atomic E-state index is 0.162. The Hall–Kier alpha value is -2.77. The molecule has 1 heterocycles. The molecule has 0 bridgehead atoms. The third-order valence-corrected chi connectivity index (χ3v) is 5.20. The first kappa shape index (κ1) is 21.0. The maximum Gasteiger partial charge on any atom is 0.263 e. The number of thioether (sulfide) groups is 1. The quantitative estimate of drug-likeness (QED) is 0.278. The Balaban J connectivity index is 1.50. The number of nitrogens with one attached hydrogen (secondary N) is 1. The lowest BCUT2D eigenvalue weighted by Crippen LogP contribution is -2.17. The lowest BCUT2D eigenvalue weighted by Gasteiger charge is -2.12. The average Bonchev–Trinajstić information content (AvgIpc) is 3.04. The fourth-order valence-electron chi connectivity index (χ4n) is 2.67. The number of carbonyl (C=O) groups is 1. The van der Waals surface area contributed by atoms with Crippen molar-refractivity contribution < 1.29 is 19.0 Å². The number of benzene rings is 2. The van der Waals surface area contributed by atoms with E-state index in [0.717, 1.165) is 23.3 Å². The largest absolute Gasteiger partial charge is 0.493 e. The molecule has 1 amide bonds. The van der Waals surface area contributed by atoms with E-state index in [2.05, 4.69) is 11.9 Å². The fraction of sp³-hybridized carbons (Fsp3) is 0.182. The van der Waals surface area contributed by atoms with Crippen molar-refractivity contribution in [2.45, 2.75) is 6.42 Å². The molecule has 29 heavy (non-hydrogen) atoms. The van der Waals surface area contributed by atoms with Crippen LogP contribution in [-0.4, -0.2) is 30.6 Å². The second-order valence-electron chi connectivity index (χ2n) is 6.10. The molecular formula is C22H21NO4S2. The Labute approximate surface area is 179 Å². The normalized spacial score (nSPS) is 14.6. The number of thiocarbonyl (C=S) groups is 1. The molecule has 0 saturated carbocycles. The van der Waals surface area contributed by atoms with Gasteiger partial charge in [-0.2, -0.15) is 0 Å². The van der Waals surface area contributed by atoms with Gasteiger partial charge in [-0.15, -0.1) is 6.58 Å². The van der Waals surface area contributed by atoms with Crippen LogP contribution < -0.4 is 19.5 Å². The first-order chi connectivity index (χ1) is 14.1. The van der Waals surface area contributed by atoms with E-state index in [1.165, 1.54) is 11.8 Å². The van der Waals surface area contributed by atoms with Crippen LogP contribution in [0.2, 0.25) is 0 Å². The summed E-state index contributed by atoms with van der Waals surface area (Å²) in [4.78, 5) is 12.3. The number of carbonyl (C=O) groups excluding carboxylic acids is 1. The van der Waals surface area contributed by atoms with Gasteiger partial charge in [0.2, 0.25) is 0 Å². The number of ether oxygens (including phenoxy) is 3. The Morgan fingerprint density at radius 2 is 1.86 bits per heavy atom. The van der Waals surface area contributed by atoms with Crippen molar-refractivity contribution in [1.29, 1.82) is 0 Å². The molecule has 0 aromatic heterocycles. The lowest BCUT2D eigenvalue weighted by molar-refractivity contribution is -0.115. The Morgan fingerprint density at radius 1 is 1.10 bits per heavy atom. The van der Waals surface area contributed by atoms with E-state index >= 15 is 0 Å². The molecule has 7 heteroatoms. The standard InChI is InChI=1S/C22H21NO4S2/c1-3-4-15-7-10-18(19(13-15)25-2)27-12-11-26-17-8-5-16(6-9-17)14-20-21(24)23-22(28)29-20/h3,5-10,13-14H,1,4,11-12H2,2H3,(H,23,24,28)/b20-14-. The van der Waals surface area contributed by atoms with Gasteiger partial charge in [0.15, 0.2) is 11.5 Å². The molecule has 1 aliphatic rings. The van der Waals surface area contributed by atoms with Crippen LogP contribution in [-0.2, 0) is 11.2 Å². The van der Waals surface area contributed by atoms with Crippen LogP contribution in [0.3, 0.4) is 0 Å². The zero-order chi connectivity index (χ0) is 20.6. The first-order valence-electron chi connectivity index (χ1n) is 8.97. The van der Waals surface area contributed by atoms with Gasteiger partial charge in [-0.3, -0.25) is 4.79 Å². The van der Waals surface area contributed by atoms with Gasteiger partial charge in [0.25, 0.3) is 5.91 Å². The maximum atomic E-state index is 11.7. The first-order valence-corrected chi connectivity index (χ1v) is 10.2. The van der Waals surface area contributed by atoms with Gasteiger partial charge in [0, 0.05) is 0 Å². The molecule has 0 radical (unpaired) electrons. The molecule has 1 aliphatic heterocycles. The molecule has 1 fully saturated rings. The summed E-state index contributed by atoms with van der Waals surface area (Å²) >= 11 is 6.25. The van der Waals surface area contributed by atoms with Gasteiger partial charge in [0.1, 0.15) is 23.3 Å². The lowest BCUT2D eigenvalue weighted by atomic mass is 10.1. The minimum Gasteiger partial charge on any atom is -0.493 e. The summed E-state index contributed by atoms with van der Waals surface area (Å²) in [5, 5.41) is 2.60. The van der Waals surface area contributed by atoms with E-state index in [-0.39, 0.29) is 5.91 Å². The van der Waals surface area contributed by atoms with Crippen LogP contribution in [0.1, 0.15) is 11.1 Å². The second-order valence-corrected chi connectivity index (χ2v) is 7.82. The summed E-state index contributed by atoms with van der Waals surface area (Å²) < 4.78 is 17.4. The van der Waals surface area contributed by atoms with Crippen molar-refractivity contribution in [2.75, 3.05) is 20.3 Å². The van der Waals surface area contributed by atoms with E-state index in [1.54, 1.807) is 13.2 Å². The molecule has 0 unspecified atom stereocenters. The summed E-state index contributed by atoms with van der Waals surface area (Å²) in [6.45, 7) is 4.52. The minimum atomic E-state index is -0.162. The molecule has 0 atom stereocenters. The molecule has 2 aromatic carbocycles. The molecule has 5 nitrogen and oxygen atoms in total. The van der Waals surface area contributed by atoms with Gasteiger partial charge < -0.3 is 19.5 Å². The second kappa shape index (κ2) is 10.1. The van der Waals surface area contributed by atoms with Gasteiger partial charge >= 0.3 is 0 Å². The van der Waals surface area contributed by atoms with Crippen LogP contribution >= 0.6 is 24.0 Å². The van der Waals surface area contributed by atoms with Crippen molar-refractivity contribution in [2.24, 2.45) is 0 Å². The van der Waals surface area contributed by atoms with Gasteiger partial charge in [-0.1, -0.05) is 48.3 Å². The zero-order valence-electron chi connectivity index (χ0n) is 16.0. The molecule has 1 saturated heterocycles. The van der Waals surface area contributed by atoms with Crippen LogP contribution in [0.25, 0.3) is 6.08 Å². The monoisotopic (exact) mass is 427 g/mol. The van der Waals surface area contributed by atoms with Crippen molar-refractivity contribution >= 4 is 40.3 Å². The third kappa shape index (κ3) is 5.85. The van der Waals surface area contributed by atoms with Crippen LogP contribution in [0, 0.1) is 0 Å². The van der Waals surface area contributed by atoms with Crippen LogP contribution in [0.4, 0.5) is 0 Å². The SMILES string of the molecule is C=CCc1ccc(OCCOc2ccc(/C=C3\SC(=S)NC3=O)cc2)c(OC)c1. The van der Waals surface area contributed by atoms with Crippen molar-refractivity contribution in [3.63, 3.8) is 0 Å². The van der Waals surface area contributed by atoms with Crippen LogP contribution in [0.15, 0.2) is 60.0 Å². The van der Waals surface area contributed by atoms with Crippen molar-refractivity contribution in [3.05, 3.63) is 71.2 Å². The molecule has 2 aromatic rings. The maximum absolute atomic E-state index is 11.7. The molecular weight excluding hydrogens is 406 g/mol. The van der Waals surface area contributed by atoms with Crippen molar-refractivity contribution in [3.8, 4) is 17.2 Å². The van der Waals surface area contributed by atoms with E-state index in [1.807, 2.05) is 48.5 Å². The highest BCUT2D eigenvalue weighted by atomic mass is 32.2. The van der Waals surface area contributed by atoms with Crippen LogP contribution in [0.5, 0.6) is 17.2 Å². The highest BCUT2D eigenvalue weighted by Crippen LogP contribution is 2.29. The van der Waals surface area contributed by atoms with E-state index in [0.29, 0.717) is 33.9 Å². The predicted molar refractivity (Wildman–Crippen MR) is 121 cm³/mol. The van der Waals surface area contributed by atoms with Crippen molar-refractivity contribution in [1.82, 2.24) is 5.32 Å². The van der Waals surface area contributed by atoms with E-state index in [9.17, 15) is 4.79 Å². The predicted octanol–water partition coefficient (Wildman–Crippen LogP) is 4.37. The third-order valence-electron chi connectivity index (χ3n) is 4.04. The van der Waals surface area contributed by atoms with E-state index in [4.69, 9.17) is 26.4 Å². The van der Waals surface area contributed by atoms with Gasteiger partial charge in [-0.25, -0.2) is 0 Å². The van der Waals surface area contributed by atoms with Gasteiger partial charge in [-0.05, 0) is 47.9 Å². The van der Waals surface area contributed by atoms with Gasteiger partial charge in [0.05, 0.1) is 12.0 Å². The number of rotatable bonds is 9. The Kier molecular flexibility index (Phi) is 7.32. The Bertz CT molecular complexity index is 938. The smallest absolute Gasteiger partial charge is 0.263 e. The number of amides is 1. The summed E-state index contributed by atoms with van der Waals surface area (Å²) in [5.74, 6) is 1.93. The average molecular weight is 428 g/mol. The molecule has 0 spiro atoms. The number of allylic oxidation sites excluding steroid dienone is 1. The molecule has 3 rings (SSSR count). The highest BCUT2D eigenvalue weighted by Gasteiger charge is 2.21. The topological polar surface area (TPSA) is 56.8 Å². The highest BCUT2D eigenvalue weighted by molar-refractivity contribution is 8.26. The fourth-order valence-corrected chi connectivity index (χ4v) is 3.71. The summed E-state index contributed by atoms with van der Waals surface area (Å²) in [6, 6.07) is 13.3. The zero-order valence-corrected chi connectivity index (χ0v) is 17.6. The molecule has 150 valence electrons. The number of hydrogen-bond acceptors (Lipinski definition) is 6. The summed E-state index contributed by atoms with van der Waals surface area (Å²) in [7, 11) is 1.62. The summed E-state index contributed by atoms with van der Waals surface area (Å²) in [5.41, 5.74) is 2.02. The molecule has 0 aliphatic carbocycles. The van der Waals surface area contributed by atoms with E-state index < -0.39 is 0 Å². The number of methoxy groups -OCH3 is 1. The summed E-state index contributed by atoms with van der Waals surface area (Å²) in [6.07, 6.45) is 4.43. The molecule has 1 N–H and O–H groups in total. The Morgan fingerprint density at radius 3 is 2.52 bits per heavy atom. The number of hydrogen-bond donors (Lipinski definition) is 1.